The number of carbonyl (C=O) groups is 2. The third-order valence-corrected chi connectivity index (χ3v) is 10.6. The Balaban J connectivity index is 1.31. The molecule has 1 aliphatic rings. The van der Waals surface area contributed by atoms with Gasteiger partial charge in [0.15, 0.2) is 0 Å². The van der Waals surface area contributed by atoms with Crippen molar-refractivity contribution in [2.75, 3.05) is 20.2 Å². The van der Waals surface area contributed by atoms with E-state index in [-0.39, 0.29) is 55.1 Å². The number of aromatic nitrogens is 3. The van der Waals surface area contributed by atoms with E-state index in [0.717, 1.165) is 23.3 Å². The van der Waals surface area contributed by atoms with Gasteiger partial charge in [-0.25, -0.2) is 9.37 Å². The normalized spacial score (nSPS) is 14.3. The number of hydrogen-bond donors (Lipinski definition) is 0. The number of hydrogen-bond acceptors (Lipinski definition) is 7. The maximum absolute atomic E-state index is 15.0. The summed E-state index contributed by atoms with van der Waals surface area (Å²) >= 11 is 0. The van der Waals surface area contributed by atoms with Crippen molar-refractivity contribution in [2.45, 2.75) is 77.3 Å². The zero-order valence-electron chi connectivity index (χ0n) is 31.2. The van der Waals surface area contributed by atoms with Gasteiger partial charge in [-0.1, -0.05) is 54.6 Å². The van der Waals surface area contributed by atoms with Crippen LogP contribution in [0.4, 0.5) is 17.6 Å². The molecule has 1 aliphatic heterocycles. The Hall–Kier alpha value is -5.43. The minimum absolute atomic E-state index is 0.182. The van der Waals surface area contributed by atoms with Crippen LogP contribution in [0, 0.1) is 12.7 Å². The van der Waals surface area contributed by atoms with Gasteiger partial charge in [0, 0.05) is 38.3 Å². The van der Waals surface area contributed by atoms with E-state index < -0.39 is 22.8 Å². The zero-order chi connectivity index (χ0) is 39.5. The minimum Gasteiger partial charge on any atom is -0.468 e. The topological polar surface area (TPSA) is 97.6 Å². The number of aryl methyl sites for hydroxylation is 3. The lowest BCUT2D eigenvalue weighted by atomic mass is 9.95. The Bertz CT molecular complexity index is 2230. The molecule has 0 atom stereocenters. The molecule has 0 N–H and O–H groups in total. The van der Waals surface area contributed by atoms with E-state index >= 15 is 0 Å². The van der Waals surface area contributed by atoms with Gasteiger partial charge in [0.2, 0.25) is 5.91 Å². The highest BCUT2D eigenvalue weighted by Gasteiger charge is 2.39. The van der Waals surface area contributed by atoms with E-state index in [1.54, 1.807) is 52.9 Å². The first-order valence-corrected chi connectivity index (χ1v) is 18.2. The number of fused-ring (bicyclic) bond motifs is 1. The number of ether oxygens (including phenoxy) is 1. The largest absolute Gasteiger partial charge is 0.468 e. The Labute approximate surface area is 316 Å². The van der Waals surface area contributed by atoms with E-state index in [9.17, 15) is 31.9 Å². The van der Waals surface area contributed by atoms with Gasteiger partial charge in [0.1, 0.15) is 29.4 Å². The van der Waals surface area contributed by atoms with E-state index in [1.165, 1.54) is 19.2 Å². The van der Waals surface area contributed by atoms with Gasteiger partial charge >= 0.3 is 12.1 Å². The van der Waals surface area contributed by atoms with Crippen molar-refractivity contribution in [3.05, 3.63) is 129 Å². The highest BCUT2D eigenvalue weighted by molar-refractivity contribution is 5.81. The van der Waals surface area contributed by atoms with Gasteiger partial charge < -0.3 is 14.2 Å². The summed E-state index contributed by atoms with van der Waals surface area (Å²) < 4.78 is 61.1. The second-order valence-corrected chi connectivity index (χ2v) is 14.4. The standard InChI is InChI=1S/C42H43F4N5O4/c1-27-7-5-8-31(37(27)43)16-19-35-48-39(53)34-9-6-22-47-38(34)51(35)26-36(52)50(33-20-23-49(24-21-33)41(2,3)40(54)55-4)25-28-10-12-29(13-11-28)30-14-17-32(18-15-30)42(44,45)46/h5-15,17-18,22,33H,16,19-21,23-26H2,1-4H3. The van der Waals surface area contributed by atoms with E-state index in [1.807, 2.05) is 43.0 Å². The molecule has 1 fully saturated rings. The van der Waals surface area contributed by atoms with Crippen LogP contribution >= 0.6 is 0 Å². The molecule has 55 heavy (non-hydrogen) atoms. The fraction of sp³-hybridized carbons (Fsp3) is 0.357. The third-order valence-electron chi connectivity index (χ3n) is 10.6. The molecular weight excluding hydrogens is 714 g/mol. The lowest BCUT2D eigenvalue weighted by Crippen LogP contribution is -2.56. The SMILES string of the molecule is COC(=O)C(C)(C)N1CCC(N(Cc2ccc(-c3ccc(C(F)(F)F)cc3)cc2)C(=O)Cn2c(CCc3cccc(C)c3F)nc(=O)c3cccnc32)CC1. The van der Waals surface area contributed by atoms with Crippen molar-refractivity contribution in [1.82, 2.24) is 24.3 Å². The fourth-order valence-electron chi connectivity index (χ4n) is 7.26. The molecule has 2 aromatic heterocycles. The number of amides is 1. The number of nitrogens with zero attached hydrogens (tertiary/aromatic N) is 5. The van der Waals surface area contributed by atoms with Crippen LogP contribution in [0.1, 0.15) is 54.8 Å². The number of rotatable bonds is 11. The minimum atomic E-state index is -4.43. The highest BCUT2D eigenvalue weighted by atomic mass is 19.4. The van der Waals surface area contributed by atoms with Crippen LogP contribution in [0.25, 0.3) is 22.2 Å². The second kappa shape index (κ2) is 16.1. The van der Waals surface area contributed by atoms with Gasteiger partial charge in [-0.3, -0.25) is 19.3 Å². The van der Waals surface area contributed by atoms with Gasteiger partial charge in [0.05, 0.1) is 18.1 Å². The average molecular weight is 758 g/mol. The zero-order valence-corrected chi connectivity index (χ0v) is 31.2. The van der Waals surface area contributed by atoms with E-state index in [2.05, 4.69) is 9.97 Å². The number of carbonyl (C=O) groups excluding carboxylic acids is 2. The Morgan fingerprint density at radius 1 is 0.909 bits per heavy atom. The van der Waals surface area contributed by atoms with Gasteiger partial charge in [-0.15, -0.1) is 0 Å². The van der Waals surface area contributed by atoms with Crippen LogP contribution in [0.5, 0.6) is 0 Å². The molecule has 0 unspecified atom stereocenters. The molecule has 13 heteroatoms. The summed E-state index contributed by atoms with van der Waals surface area (Å²) in [5.41, 5.74) is 1.34. The van der Waals surface area contributed by atoms with Gasteiger partial charge in [-0.05, 0) is 92.1 Å². The molecule has 288 valence electrons. The van der Waals surface area contributed by atoms with Crippen molar-refractivity contribution in [2.24, 2.45) is 0 Å². The third kappa shape index (κ3) is 8.62. The molecule has 3 heterocycles. The molecule has 9 nitrogen and oxygen atoms in total. The predicted molar refractivity (Wildman–Crippen MR) is 200 cm³/mol. The number of benzene rings is 3. The highest BCUT2D eigenvalue weighted by Crippen LogP contribution is 2.32. The van der Waals surface area contributed by atoms with Gasteiger partial charge in [-0.2, -0.15) is 18.2 Å². The van der Waals surface area contributed by atoms with E-state index in [0.29, 0.717) is 54.1 Å². The van der Waals surface area contributed by atoms with Crippen molar-refractivity contribution in [3.63, 3.8) is 0 Å². The predicted octanol–water partition coefficient (Wildman–Crippen LogP) is 7.15. The van der Waals surface area contributed by atoms with Crippen molar-refractivity contribution >= 4 is 22.9 Å². The quantitative estimate of drug-likeness (QED) is 0.104. The fourth-order valence-corrected chi connectivity index (χ4v) is 7.26. The first-order valence-electron chi connectivity index (χ1n) is 18.2. The summed E-state index contributed by atoms with van der Waals surface area (Å²) in [5.74, 6) is -0.627. The van der Waals surface area contributed by atoms with Crippen molar-refractivity contribution < 1.29 is 31.9 Å². The monoisotopic (exact) mass is 757 g/mol. The van der Waals surface area contributed by atoms with Crippen molar-refractivity contribution in [3.8, 4) is 11.1 Å². The molecule has 1 amide bonds. The summed E-state index contributed by atoms with van der Waals surface area (Å²) in [4.78, 5) is 53.1. The van der Waals surface area contributed by atoms with Crippen LogP contribution in [-0.2, 0) is 46.4 Å². The summed E-state index contributed by atoms with van der Waals surface area (Å²) in [7, 11) is 1.36. The lowest BCUT2D eigenvalue weighted by Gasteiger charge is -2.44. The van der Waals surface area contributed by atoms with E-state index in [4.69, 9.17) is 4.74 Å². The molecule has 0 spiro atoms. The Morgan fingerprint density at radius 2 is 1.56 bits per heavy atom. The Kier molecular flexibility index (Phi) is 11.5. The maximum Gasteiger partial charge on any atom is 0.416 e. The molecule has 3 aromatic carbocycles. The number of methoxy groups -OCH3 is 1. The van der Waals surface area contributed by atoms with Crippen LogP contribution in [-0.4, -0.2) is 68.0 Å². The Morgan fingerprint density at radius 3 is 2.20 bits per heavy atom. The number of esters is 1. The molecule has 0 aliphatic carbocycles. The summed E-state index contributed by atoms with van der Waals surface area (Å²) in [6, 6.07) is 20.4. The van der Waals surface area contributed by atoms with Crippen LogP contribution in [0.3, 0.4) is 0 Å². The summed E-state index contributed by atoms with van der Waals surface area (Å²) in [5, 5.41) is 0.254. The summed E-state index contributed by atoms with van der Waals surface area (Å²) in [6.07, 6.45) is -1.33. The van der Waals surface area contributed by atoms with Crippen molar-refractivity contribution in [1.29, 1.82) is 0 Å². The molecule has 0 bridgehead atoms. The van der Waals surface area contributed by atoms with Gasteiger partial charge in [0.25, 0.3) is 5.56 Å². The lowest BCUT2D eigenvalue weighted by molar-refractivity contribution is -0.155. The molecule has 0 saturated carbocycles. The summed E-state index contributed by atoms with van der Waals surface area (Å²) in [6.45, 7) is 6.40. The molecular formula is C42H43F4N5O4. The number of pyridine rings is 1. The smallest absolute Gasteiger partial charge is 0.416 e. The number of likely N-dealkylation sites (tertiary alicyclic amines) is 1. The second-order valence-electron chi connectivity index (χ2n) is 14.4. The molecule has 0 radical (unpaired) electrons. The number of halogens is 4. The molecule has 5 aromatic rings. The molecule has 6 rings (SSSR count). The first-order chi connectivity index (χ1) is 26.2. The average Bonchev–Trinajstić information content (AvgIpc) is 3.18. The van der Waals surface area contributed by atoms with Crippen LogP contribution < -0.4 is 5.56 Å². The molecule has 1 saturated heterocycles. The first kappa shape index (κ1) is 39.3. The van der Waals surface area contributed by atoms with Crippen LogP contribution in [0.15, 0.2) is 89.9 Å². The maximum atomic E-state index is 15.0. The van der Waals surface area contributed by atoms with Crippen LogP contribution in [0.2, 0.25) is 0 Å². The number of piperidine rings is 1. The number of alkyl halides is 3.